The second-order valence-electron chi connectivity index (χ2n) is 7.15. The van der Waals surface area contributed by atoms with Crippen LogP contribution in [0.3, 0.4) is 0 Å². The van der Waals surface area contributed by atoms with Crippen molar-refractivity contribution in [2.75, 3.05) is 13.6 Å². The van der Waals surface area contributed by atoms with Gasteiger partial charge in [0.05, 0.1) is 11.8 Å². The molecule has 148 valence electrons. The van der Waals surface area contributed by atoms with Crippen LogP contribution in [-0.2, 0) is 20.0 Å². The minimum atomic E-state index is 0.147. The highest BCUT2D eigenvalue weighted by Crippen LogP contribution is 2.21. The molecule has 0 unspecified atom stereocenters. The first-order valence-electron chi connectivity index (χ1n) is 9.51. The van der Waals surface area contributed by atoms with Crippen molar-refractivity contribution < 1.29 is 4.74 Å². The highest BCUT2D eigenvalue weighted by atomic mass is 16.5. The average Bonchev–Trinajstić information content (AvgIpc) is 2.84. The number of nitrogens with one attached hydrogen (secondary N) is 2. The molecule has 6 nitrogen and oxygen atoms in total. The first kappa shape index (κ1) is 20.8. The number of rotatable bonds is 7. The molecule has 1 aromatic carbocycles. The normalized spacial score (nSPS) is 11.8. The van der Waals surface area contributed by atoms with Crippen LogP contribution >= 0.6 is 0 Å². The molecule has 27 heavy (non-hydrogen) atoms. The molecular formula is C21H33N5O. The van der Waals surface area contributed by atoms with Crippen LogP contribution in [0.4, 0.5) is 0 Å². The van der Waals surface area contributed by atoms with Gasteiger partial charge in [-0.05, 0) is 58.2 Å². The SMILES string of the molecule is CN=C(NCCc1c(C)nn(C)c1C)NCc1ccc(C)cc1OC(C)C. The summed E-state index contributed by atoms with van der Waals surface area (Å²) >= 11 is 0. The Morgan fingerprint density at radius 1 is 1.22 bits per heavy atom. The van der Waals surface area contributed by atoms with Crippen LogP contribution in [0.5, 0.6) is 5.75 Å². The maximum atomic E-state index is 5.95. The molecule has 2 rings (SSSR count). The molecule has 0 aliphatic carbocycles. The van der Waals surface area contributed by atoms with E-state index in [9.17, 15) is 0 Å². The zero-order valence-electron chi connectivity index (χ0n) is 17.7. The van der Waals surface area contributed by atoms with Gasteiger partial charge < -0.3 is 15.4 Å². The summed E-state index contributed by atoms with van der Waals surface area (Å²) in [4.78, 5) is 4.33. The summed E-state index contributed by atoms with van der Waals surface area (Å²) in [5.41, 5.74) is 5.92. The van der Waals surface area contributed by atoms with Crippen LogP contribution < -0.4 is 15.4 Å². The highest BCUT2D eigenvalue weighted by Gasteiger charge is 2.10. The third kappa shape index (κ3) is 5.74. The van der Waals surface area contributed by atoms with E-state index in [-0.39, 0.29) is 6.10 Å². The molecule has 2 aromatic rings. The van der Waals surface area contributed by atoms with Gasteiger partial charge in [-0.15, -0.1) is 0 Å². The van der Waals surface area contributed by atoms with E-state index in [1.807, 2.05) is 25.6 Å². The lowest BCUT2D eigenvalue weighted by Gasteiger charge is -2.17. The second-order valence-corrected chi connectivity index (χ2v) is 7.15. The molecule has 0 spiro atoms. The maximum absolute atomic E-state index is 5.95. The molecule has 6 heteroatoms. The van der Waals surface area contributed by atoms with E-state index in [2.05, 4.69) is 59.7 Å². The minimum absolute atomic E-state index is 0.147. The van der Waals surface area contributed by atoms with E-state index < -0.39 is 0 Å². The van der Waals surface area contributed by atoms with E-state index in [4.69, 9.17) is 4.74 Å². The molecule has 2 N–H and O–H groups in total. The van der Waals surface area contributed by atoms with Crippen molar-refractivity contribution in [1.29, 1.82) is 0 Å². The van der Waals surface area contributed by atoms with Gasteiger partial charge in [-0.2, -0.15) is 5.10 Å². The number of benzene rings is 1. The van der Waals surface area contributed by atoms with Gasteiger partial charge in [-0.25, -0.2) is 0 Å². The Morgan fingerprint density at radius 2 is 1.96 bits per heavy atom. The molecule has 0 aliphatic rings. The van der Waals surface area contributed by atoms with Crippen LogP contribution in [0.1, 0.15) is 41.9 Å². The third-order valence-electron chi connectivity index (χ3n) is 4.58. The third-order valence-corrected chi connectivity index (χ3v) is 4.58. The average molecular weight is 372 g/mol. The lowest BCUT2D eigenvalue weighted by molar-refractivity contribution is 0.239. The molecular weight excluding hydrogens is 338 g/mol. The van der Waals surface area contributed by atoms with Crippen LogP contribution in [0.15, 0.2) is 23.2 Å². The fourth-order valence-corrected chi connectivity index (χ4v) is 3.06. The van der Waals surface area contributed by atoms with Crippen molar-refractivity contribution >= 4 is 5.96 Å². The second kappa shape index (κ2) is 9.44. The Labute approximate surface area is 163 Å². The first-order valence-corrected chi connectivity index (χ1v) is 9.51. The van der Waals surface area contributed by atoms with Crippen LogP contribution in [0, 0.1) is 20.8 Å². The van der Waals surface area contributed by atoms with Gasteiger partial charge in [0.2, 0.25) is 0 Å². The Morgan fingerprint density at radius 3 is 2.56 bits per heavy atom. The number of hydrogen-bond donors (Lipinski definition) is 2. The van der Waals surface area contributed by atoms with Crippen molar-refractivity contribution in [3.8, 4) is 5.75 Å². The minimum Gasteiger partial charge on any atom is -0.491 e. The van der Waals surface area contributed by atoms with Crippen molar-refractivity contribution in [2.24, 2.45) is 12.0 Å². The molecule has 1 heterocycles. The number of aryl methyl sites for hydroxylation is 3. The van der Waals surface area contributed by atoms with Gasteiger partial charge in [0.25, 0.3) is 0 Å². The molecule has 0 bridgehead atoms. The zero-order chi connectivity index (χ0) is 20.0. The van der Waals surface area contributed by atoms with E-state index in [1.165, 1.54) is 16.8 Å². The number of nitrogens with zero attached hydrogens (tertiary/aromatic N) is 3. The van der Waals surface area contributed by atoms with E-state index in [1.54, 1.807) is 7.05 Å². The first-order chi connectivity index (χ1) is 12.8. The molecule has 0 aliphatic heterocycles. The Kier molecular flexibility index (Phi) is 7.28. The van der Waals surface area contributed by atoms with Crippen LogP contribution in [0.2, 0.25) is 0 Å². The molecule has 1 aromatic heterocycles. The lowest BCUT2D eigenvalue weighted by Crippen LogP contribution is -2.38. The van der Waals surface area contributed by atoms with Gasteiger partial charge in [-0.3, -0.25) is 9.67 Å². The lowest BCUT2D eigenvalue weighted by atomic mass is 10.1. The van der Waals surface area contributed by atoms with Crippen molar-refractivity contribution in [1.82, 2.24) is 20.4 Å². The number of aromatic nitrogens is 2. The largest absolute Gasteiger partial charge is 0.491 e. The fraction of sp³-hybridized carbons (Fsp3) is 0.524. The molecule has 0 radical (unpaired) electrons. The maximum Gasteiger partial charge on any atom is 0.191 e. The monoisotopic (exact) mass is 371 g/mol. The van der Waals surface area contributed by atoms with Gasteiger partial charge in [0.1, 0.15) is 5.75 Å². The van der Waals surface area contributed by atoms with Crippen molar-refractivity contribution in [2.45, 2.75) is 53.7 Å². The predicted octanol–water partition coefficient (Wildman–Crippen LogP) is 3.04. The summed E-state index contributed by atoms with van der Waals surface area (Å²) in [6.07, 6.45) is 1.06. The molecule has 0 fully saturated rings. The van der Waals surface area contributed by atoms with Gasteiger partial charge in [-0.1, -0.05) is 12.1 Å². The van der Waals surface area contributed by atoms with E-state index in [0.29, 0.717) is 6.54 Å². The standard InChI is InChI=1S/C21H33N5O/c1-14(2)27-20-12-15(3)8-9-18(20)13-24-21(22-6)23-11-10-19-16(4)25-26(7)17(19)5/h8-9,12,14H,10-11,13H2,1-7H3,(H2,22,23,24). The molecule has 0 saturated carbocycles. The summed E-state index contributed by atoms with van der Waals surface area (Å²) in [5.74, 6) is 1.71. The number of ether oxygens (including phenoxy) is 1. The van der Waals surface area contributed by atoms with E-state index in [0.717, 1.165) is 35.9 Å². The van der Waals surface area contributed by atoms with Gasteiger partial charge in [0.15, 0.2) is 5.96 Å². The highest BCUT2D eigenvalue weighted by molar-refractivity contribution is 5.79. The number of aliphatic imine (C=N–C) groups is 1. The quantitative estimate of drug-likeness (QED) is 0.580. The van der Waals surface area contributed by atoms with Crippen LogP contribution in [0.25, 0.3) is 0 Å². The summed E-state index contributed by atoms with van der Waals surface area (Å²) in [7, 11) is 3.77. The molecule has 0 saturated heterocycles. The summed E-state index contributed by atoms with van der Waals surface area (Å²) in [5, 5.41) is 11.2. The predicted molar refractivity (Wildman–Crippen MR) is 112 cm³/mol. The van der Waals surface area contributed by atoms with Gasteiger partial charge >= 0.3 is 0 Å². The number of guanidine groups is 1. The molecule has 0 atom stereocenters. The Bertz CT molecular complexity index is 792. The number of hydrogen-bond acceptors (Lipinski definition) is 3. The van der Waals surface area contributed by atoms with Crippen molar-refractivity contribution in [3.63, 3.8) is 0 Å². The molecule has 0 amide bonds. The van der Waals surface area contributed by atoms with E-state index >= 15 is 0 Å². The topological polar surface area (TPSA) is 63.5 Å². The summed E-state index contributed by atoms with van der Waals surface area (Å²) in [6, 6.07) is 6.30. The van der Waals surface area contributed by atoms with Crippen molar-refractivity contribution in [3.05, 3.63) is 46.3 Å². The zero-order valence-corrected chi connectivity index (χ0v) is 17.7. The smallest absolute Gasteiger partial charge is 0.191 e. The Balaban J connectivity index is 1.92. The summed E-state index contributed by atoms with van der Waals surface area (Å²) in [6.45, 7) is 11.8. The van der Waals surface area contributed by atoms with Crippen LogP contribution in [-0.4, -0.2) is 35.4 Å². The van der Waals surface area contributed by atoms with Gasteiger partial charge in [0, 0.05) is 38.4 Å². The Hall–Kier alpha value is -2.50. The fourth-order valence-electron chi connectivity index (χ4n) is 3.06. The summed E-state index contributed by atoms with van der Waals surface area (Å²) < 4.78 is 7.89.